The van der Waals surface area contributed by atoms with Crippen molar-refractivity contribution in [1.29, 1.82) is 0 Å². The van der Waals surface area contributed by atoms with Gasteiger partial charge in [-0.05, 0) is 61.4 Å². The molecule has 0 aliphatic heterocycles. The number of methoxy groups -OCH3 is 3. The Morgan fingerprint density at radius 2 is 1.77 bits per heavy atom. The summed E-state index contributed by atoms with van der Waals surface area (Å²) in [5.41, 5.74) is 2.80. The van der Waals surface area contributed by atoms with Crippen LogP contribution in [0.4, 0.5) is 10.8 Å². The Hall–Kier alpha value is -3.98. The highest BCUT2D eigenvalue weighted by Gasteiger charge is 2.28. The minimum absolute atomic E-state index is 0.238. The third-order valence-corrected chi connectivity index (χ3v) is 6.81. The predicted octanol–water partition coefficient (Wildman–Crippen LogP) is 5.83. The first kappa shape index (κ1) is 24.2. The third-order valence-electron chi connectivity index (χ3n) is 5.67. The number of anilines is 2. The van der Waals surface area contributed by atoms with Gasteiger partial charge in [0.05, 0.1) is 33.6 Å². The largest absolute Gasteiger partial charge is 0.493 e. The number of amides is 1. The molecule has 0 bridgehead atoms. The van der Waals surface area contributed by atoms with Crippen LogP contribution in [0.1, 0.15) is 38.2 Å². The van der Waals surface area contributed by atoms with Crippen LogP contribution in [0.2, 0.25) is 0 Å². The molecule has 35 heavy (non-hydrogen) atoms. The summed E-state index contributed by atoms with van der Waals surface area (Å²) in [6.45, 7) is 4.06. The van der Waals surface area contributed by atoms with E-state index in [0.717, 1.165) is 21.6 Å². The fourth-order valence-electron chi connectivity index (χ4n) is 3.84. The summed E-state index contributed by atoms with van der Waals surface area (Å²) in [5, 5.41) is 7.26. The van der Waals surface area contributed by atoms with E-state index in [1.807, 2.05) is 44.2 Å². The molecule has 0 aliphatic carbocycles. The summed E-state index contributed by atoms with van der Waals surface area (Å²) in [6, 6.07) is 12.4. The van der Waals surface area contributed by atoms with E-state index in [-0.39, 0.29) is 11.7 Å². The predicted molar refractivity (Wildman–Crippen MR) is 136 cm³/mol. The van der Waals surface area contributed by atoms with E-state index in [1.165, 1.54) is 17.6 Å². The molecule has 1 amide bonds. The average molecular weight is 494 g/mol. The zero-order valence-corrected chi connectivity index (χ0v) is 21.0. The molecule has 0 spiro atoms. The van der Waals surface area contributed by atoms with Crippen molar-refractivity contribution in [2.24, 2.45) is 0 Å². The number of carbonyl (C=O) groups excluding carboxylic acids is 1. The number of hydrogen-bond acceptors (Lipinski definition) is 8. The maximum absolute atomic E-state index is 12.9. The van der Waals surface area contributed by atoms with Crippen LogP contribution in [0, 0.1) is 13.8 Å². The summed E-state index contributed by atoms with van der Waals surface area (Å²) < 4.78 is 22.0. The van der Waals surface area contributed by atoms with E-state index >= 15 is 0 Å². The highest BCUT2D eigenvalue weighted by atomic mass is 32.1. The van der Waals surface area contributed by atoms with Gasteiger partial charge in [-0.15, -0.1) is 11.3 Å². The van der Waals surface area contributed by atoms with Gasteiger partial charge in [0.25, 0.3) is 5.91 Å². The van der Waals surface area contributed by atoms with E-state index in [2.05, 4.69) is 15.6 Å². The summed E-state index contributed by atoms with van der Waals surface area (Å²) in [7, 11) is 4.73. The number of nitrogens with one attached hydrogen (secondary N) is 2. The van der Waals surface area contributed by atoms with Gasteiger partial charge in [-0.3, -0.25) is 4.79 Å². The maximum Gasteiger partial charge on any atom is 0.291 e. The van der Waals surface area contributed by atoms with E-state index < -0.39 is 6.04 Å². The Kier molecular flexibility index (Phi) is 7.26. The minimum Gasteiger partial charge on any atom is -0.493 e. The fraction of sp³-hybridized carbons (Fsp3) is 0.231. The summed E-state index contributed by atoms with van der Waals surface area (Å²) >= 11 is 1.51. The van der Waals surface area contributed by atoms with Crippen LogP contribution >= 0.6 is 11.3 Å². The van der Waals surface area contributed by atoms with Gasteiger partial charge in [-0.1, -0.05) is 6.07 Å². The van der Waals surface area contributed by atoms with Crippen LogP contribution in [-0.4, -0.2) is 32.2 Å². The smallest absolute Gasteiger partial charge is 0.291 e. The lowest BCUT2D eigenvalue weighted by Gasteiger charge is -2.24. The molecule has 9 heteroatoms. The van der Waals surface area contributed by atoms with Crippen molar-refractivity contribution in [3.05, 3.63) is 82.3 Å². The topological polar surface area (TPSA) is 94.9 Å². The van der Waals surface area contributed by atoms with Crippen LogP contribution < -0.4 is 24.8 Å². The van der Waals surface area contributed by atoms with E-state index in [1.54, 1.807) is 39.7 Å². The van der Waals surface area contributed by atoms with Crippen molar-refractivity contribution in [2.75, 3.05) is 32.0 Å². The molecule has 2 N–H and O–H groups in total. The molecule has 3 aromatic heterocycles. The molecular formula is C26H27N3O5S. The number of nitrogens with zero attached hydrogens (tertiary/aromatic N) is 1. The maximum atomic E-state index is 12.9. The van der Waals surface area contributed by atoms with Crippen molar-refractivity contribution in [2.45, 2.75) is 19.9 Å². The van der Waals surface area contributed by atoms with Gasteiger partial charge >= 0.3 is 0 Å². The Labute approximate surface area is 207 Å². The molecule has 0 aliphatic rings. The number of thiophene rings is 1. The normalized spacial score (nSPS) is 11.6. The number of benzene rings is 1. The molecule has 0 unspecified atom stereocenters. The van der Waals surface area contributed by atoms with Gasteiger partial charge in [0.15, 0.2) is 17.3 Å². The van der Waals surface area contributed by atoms with Gasteiger partial charge in [0, 0.05) is 16.6 Å². The monoisotopic (exact) mass is 493 g/mol. The van der Waals surface area contributed by atoms with E-state index in [9.17, 15) is 4.79 Å². The molecule has 0 radical (unpaired) electrons. The zero-order chi connectivity index (χ0) is 24.9. The fourth-order valence-corrected chi connectivity index (χ4v) is 4.94. The quantitative estimate of drug-likeness (QED) is 0.303. The molecule has 3 heterocycles. The van der Waals surface area contributed by atoms with Gasteiger partial charge in [0.1, 0.15) is 10.8 Å². The van der Waals surface area contributed by atoms with Crippen LogP contribution in [0.3, 0.4) is 0 Å². The standard InChI is InChI=1S/C26H27N3O5S/c1-15-16(2)35-26(29-25(30)18-9-8-12-34-18)22(15)23(28-21-10-6-7-11-27-21)17-13-19(31-3)24(33-5)20(14-17)32-4/h6-14,23H,1-5H3,(H,27,28)(H,29,30)/t23-/m0/s1. The number of rotatable bonds is 9. The Morgan fingerprint density at radius 3 is 2.34 bits per heavy atom. The molecule has 4 aromatic rings. The molecule has 0 saturated heterocycles. The van der Waals surface area contributed by atoms with Gasteiger partial charge in [0.2, 0.25) is 5.75 Å². The first-order chi connectivity index (χ1) is 17.0. The summed E-state index contributed by atoms with van der Waals surface area (Å²) in [6.07, 6.45) is 3.20. The third kappa shape index (κ3) is 4.95. The average Bonchev–Trinajstić information content (AvgIpc) is 3.51. The van der Waals surface area contributed by atoms with Crippen LogP contribution in [0.15, 0.2) is 59.3 Å². The van der Waals surface area contributed by atoms with Crippen molar-refractivity contribution in [1.82, 2.24) is 4.98 Å². The van der Waals surface area contributed by atoms with Crippen LogP contribution in [0.5, 0.6) is 17.2 Å². The first-order valence-corrected chi connectivity index (χ1v) is 11.7. The lowest BCUT2D eigenvalue weighted by molar-refractivity contribution is 0.0997. The van der Waals surface area contributed by atoms with E-state index in [0.29, 0.717) is 28.1 Å². The second-order valence-corrected chi connectivity index (χ2v) is 8.93. The molecular weight excluding hydrogens is 466 g/mol. The number of aryl methyl sites for hydroxylation is 1. The second-order valence-electron chi connectivity index (χ2n) is 7.71. The number of ether oxygens (including phenoxy) is 3. The van der Waals surface area contributed by atoms with Crippen molar-refractivity contribution in [3.63, 3.8) is 0 Å². The van der Waals surface area contributed by atoms with Crippen molar-refractivity contribution < 1.29 is 23.4 Å². The Morgan fingerprint density at radius 1 is 1.03 bits per heavy atom. The molecule has 182 valence electrons. The number of furan rings is 1. The number of carbonyl (C=O) groups is 1. The molecule has 8 nitrogen and oxygen atoms in total. The van der Waals surface area contributed by atoms with Crippen molar-refractivity contribution >= 4 is 28.1 Å². The molecule has 1 aromatic carbocycles. The molecule has 1 atom stereocenters. The summed E-state index contributed by atoms with van der Waals surface area (Å²) in [5.74, 6) is 2.15. The molecule has 0 fully saturated rings. The molecule has 4 rings (SSSR count). The Bertz CT molecular complexity index is 1280. The molecule has 0 saturated carbocycles. The SMILES string of the molecule is COc1cc([C@H](Nc2ccccn2)c2c(NC(=O)c3ccco3)sc(C)c2C)cc(OC)c1OC. The minimum atomic E-state index is -0.393. The second kappa shape index (κ2) is 10.5. The highest BCUT2D eigenvalue weighted by Crippen LogP contribution is 2.45. The van der Waals surface area contributed by atoms with Gasteiger partial charge < -0.3 is 29.3 Å². The number of hydrogen-bond donors (Lipinski definition) is 2. The first-order valence-electron chi connectivity index (χ1n) is 10.9. The number of pyridine rings is 1. The summed E-state index contributed by atoms with van der Waals surface area (Å²) in [4.78, 5) is 18.4. The van der Waals surface area contributed by atoms with Gasteiger partial charge in [-0.2, -0.15) is 0 Å². The van der Waals surface area contributed by atoms with Crippen molar-refractivity contribution in [3.8, 4) is 17.2 Å². The van der Waals surface area contributed by atoms with Crippen LogP contribution in [0.25, 0.3) is 0 Å². The lowest BCUT2D eigenvalue weighted by atomic mass is 9.95. The number of aromatic nitrogens is 1. The lowest BCUT2D eigenvalue weighted by Crippen LogP contribution is -2.18. The highest BCUT2D eigenvalue weighted by molar-refractivity contribution is 7.16. The van der Waals surface area contributed by atoms with E-state index in [4.69, 9.17) is 18.6 Å². The zero-order valence-electron chi connectivity index (χ0n) is 20.2. The van der Waals surface area contributed by atoms with Gasteiger partial charge in [-0.25, -0.2) is 4.98 Å². The van der Waals surface area contributed by atoms with Crippen LogP contribution in [-0.2, 0) is 0 Å². The Balaban J connectivity index is 1.87.